The number of amides is 2. The first-order chi connectivity index (χ1) is 17.6. The second kappa shape index (κ2) is 12.4. The molecule has 0 aliphatic heterocycles. The number of nitrogens with one attached hydrogen (secondary N) is 1. The van der Waals surface area contributed by atoms with E-state index in [4.69, 9.17) is 23.2 Å². The first-order valence-electron chi connectivity index (χ1n) is 11.7. The van der Waals surface area contributed by atoms with Gasteiger partial charge >= 0.3 is 0 Å². The van der Waals surface area contributed by atoms with Crippen molar-refractivity contribution in [3.63, 3.8) is 0 Å². The highest BCUT2D eigenvalue weighted by Gasteiger charge is 2.34. The minimum Gasteiger partial charge on any atom is -0.357 e. The van der Waals surface area contributed by atoms with E-state index in [2.05, 4.69) is 5.32 Å². The summed E-state index contributed by atoms with van der Waals surface area (Å²) in [4.78, 5) is 28.0. The number of benzene rings is 3. The Balaban J connectivity index is 2.10. The number of anilines is 1. The van der Waals surface area contributed by atoms with Gasteiger partial charge in [0.25, 0.3) is 10.0 Å². The summed E-state index contributed by atoms with van der Waals surface area (Å²) >= 11 is 12.6. The number of likely N-dealkylation sites (N-methyl/N-ethyl adjacent to an activating group) is 1. The standard InChI is InChI=1S/C27H29Cl2N3O4S/c1-4-24(27(34)30-3)31(17-20-10-8-9-19(2)15-20)26(33)18-32(25-16-21(28)13-14-23(25)29)37(35,36)22-11-6-5-7-12-22/h5-16,24H,4,17-18H2,1-3H3,(H,30,34)/t24-/m0/s1. The fourth-order valence-electron chi connectivity index (χ4n) is 4.00. The molecule has 1 atom stereocenters. The first kappa shape index (κ1) is 28.5. The molecule has 0 heterocycles. The number of rotatable bonds is 10. The Morgan fingerprint density at radius 2 is 1.68 bits per heavy atom. The summed E-state index contributed by atoms with van der Waals surface area (Å²) in [6.07, 6.45) is 0.334. The molecule has 0 aliphatic rings. The van der Waals surface area contributed by atoms with Crippen LogP contribution < -0.4 is 9.62 Å². The Morgan fingerprint density at radius 1 is 0.973 bits per heavy atom. The van der Waals surface area contributed by atoms with Gasteiger partial charge in [-0.3, -0.25) is 13.9 Å². The summed E-state index contributed by atoms with van der Waals surface area (Å²) in [6, 6.07) is 18.9. The Hall–Kier alpha value is -3.07. The van der Waals surface area contributed by atoms with Crippen LogP contribution in [-0.2, 0) is 26.2 Å². The molecule has 3 aromatic rings. The molecule has 7 nitrogen and oxygen atoms in total. The molecule has 0 fully saturated rings. The summed E-state index contributed by atoms with van der Waals surface area (Å²) < 4.78 is 28.5. The number of halogens is 2. The highest BCUT2D eigenvalue weighted by atomic mass is 35.5. The molecule has 0 spiro atoms. The van der Waals surface area contributed by atoms with Crippen molar-refractivity contribution in [3.05, 3.63) is 94.0 Å². The van der Waals surface area contributed by atoms with Crippen LogP contribution in [0, 0.1) is 6.92 Å². The molecule has 0 radical (unpaired) electrons. The van der Waals surface area contributed by atoms with Crippen LogP contribution in [-0.4, -0.2) is 44.8 Å². The third kappa shape index (κ3) is 6.83. The van der Waals surface area contributed by atoms with Crippen LogP contribution in [0.25, 0.3) is 0 Å². The molecular formula is C27H29Cl2N3O4S. The summed E-state index contributed by atoms with van der Waals surface area (Å²) in [5.74, 6) is -0.908. The van der Waals surface area contributed by atoms with Gasteiger partial charge in [0.2, 0.25) is 11.8 Å². The van der Waals surface area contributed by atoms with E-state index in [1.807, 2.05) is 31.2 Å². The second-order valence-electron chi connectivity index (χ2n) is 8.47. The van der Waals surface area contributed by atoms with Gasteiger partial charge in [0.15, 0.2) is 0 Å². The monoisotopic (exact) mass is 561 g/mol. The smallest absolute Gasteiger partial charge is 0.264 e. The maximum atomic E-state index is 13.9. The lowest BCUT2D eigenvalue weighted by Gasteiger charge is -2.33. The van der Waals surface area contributed by atoms with Gasteiger partial charge in [0, 0.05) is 18.6 Å². The molecule has 3 aromatic carbocycles. The second-order valence-corrected chi connectivity index (χ2v) is 11.2. The quantitative estimate of drug-likeness (QED) is 0.375. The Morgan fingerprint density at radius 3 is 2.30 bits per heavy atom. The molecule has 37 heavy (non-hydrogen) atoms. The summed E-state index contributed by atoms with van der Waals surface area (Å²) in [6.45, 7) is 3.26. The Labute approximate surface area is 228 Å². The van der Waals surface area contributed by atoms with Gasteiger partial charge in [-0.15, -0.1) is 0 Å². The number of hydrogen-bond acceptors (Lipinski definition) is 4. The zero-order valence-electron chi connectivity index (χ0n) is 20.8. The van der Waals surface area contributed by atoms with Gasteiger partial charge in [0.05, 0.1) is 15.6 Å². The largest absolute Gasteiger partial charge is 0.357 e. The van der Waals surface area contributed by atoms with Crippen molar-refractivity contribution in [2.75, 3.05) is 17.9 Å². The van der Waals surface area contributed by atoms with Crippen LogP contribution in [0.1, 0.15) is 24.5 Å². The van der Waals surface area contributed by atoms with Crippen molar-refractivity contribution in [3.8, 4) is 0 Å². The lowest BCUT2D eigenvalue weighted by molar-refractivity contribution is -0.140. The van der Waals surface area contributed by atoms with Crippen molar-refractivity contribution in [1.29, 1.82) is 0 Å². The van der Waals surface area contributed by atoms with E-state index in [1.54, 1.807) is 25.1 Å². The lowest BCUT2D eigenvalue weighted by atomic mass is 10.1. The van der Waals surface area contributed by atoms with E-state index in [1.165, 1.54) is 42.3 Å². The fourth-order valence-corrected chi connectivity index (χ4v) is 5.89. The lowest BCUT2D eigenvalue weighted by Crippen LogP contribution is -2.51. The number of carbonyl (C=O) groups excluding carboxylic acids is 2. The molecule has 196 valence electrons. The van der Waals surface area contributed by atoms with Gasteiger partial charge in [0.1, 0.15) is 12.6 Å². The van der Waals surface area contributed by atoms with E-state index >= 15 is 0 Å². The molecule has 2 amide bonds. The summed E-state index contributed by atoms with van der Waals surface area (Å²) in [5, 5.41) is 2.97. The van der Waals surface area contributed by atoms with Gasteiger partial charge in [-0.1, -0.05) is 78.2 Å². The normalized spacial score (nSPS) is 12.0. The van der Waals surface area contributed by atoms with E-state index in [0.717, 1.165) is 15.4 Å². The average molecular weight is 563 g/mol. The molecular weight excluding hydrogens is 533 g/mol. The van der Waals surface area contributed by atoms with Crippen molar-refractivity contribution >= 4 is 50.7 Å². The van der Waals surface area contributed by atoms with Gasteiger partial charge in [-0.05, 0) is 49.2 Å². The zero-order chi connectivity index (χ0) is 27.2. The predicted molar refractivity (Wildman–Crippen MR) is 147 cm³/mol. The molecule has 0 saturated carbocycles. The number of aryl methyl sites for hydroxylation is 1. The molecule has 0 unspecified atom stereocenters. The first-order valence-corrected chi connectivity index (χ1v) is 13.9. The number of sulfonamides is 1. The van der Waals surface area contributed by atoms with Gasteiger partial charge in [-0.25, -0.2) is 8.42 Å². The third-order valence-electron chi connectivity index (χ3n) is 5.85. The van der Waals surface area contributed by atoms with Crippen LogP contribution in [0.4, 0.5) is 5.69 Å². The van der Waals surface area contributed by atoms with E-state index in [-0.39, 0.29) is 33.1 Å². The van der Waals surface area contributed by atoms with E-state index < -0.39 is 28.5 Å². The van der Waals surface area contributed by atoms with Crippen molar-refractivity contribution in [2.24, 2.45) is 0 Å². The van der Waals surface area contributed by atoms with Gasteiger partial charge < -0.3 is 10.2 Å². The SMILES string of the molecule is CC[C@@H](C(=O)NC)N(Cc1cccc(C)c1)C(=O)CN(c1cc(Cl)ccc1Cl)S(=O)(=O)c1ccccc1. The average Bonchev–Trinajstić information content (AvgIpc) is 2.88. The van der Waals surface area contributed by atoms with Crippen molar-refractivity contribution in [1.82, 2.24) is 10.2 Å². The van der Waals surface area contributed by atoms with E-state index in [9.17, 15) is 18.0 Å². The minimum atomic E-state index is -4.22. The maximum absolute atomic E-state index is 13.9. The van der Waals surface area contributed by atoms with Crippen molar-refractivity contribution < 1.29 is 18.0 Å². The van der Waals surface area contributed by atoms with Crippen LogP contribution in [0.15, 0.2) is 77.7 Å². The molecule has 0 bridgehead atoms. The minimum absolute atomic E-state index is 0.0116. The number of carbonyl (C=O) groups is 2. The van der Waals surface area contributed by atoms with Crippen LogP contribution >= 0.6 is 23.2 Å². The Kier molecular flexibility index (Phi) is 9.59. The predicted octanol–water partition coefficient (Wildman–Crippen LogP) is 5.05. The number of hydrogen-bond donors (Lipinski definition) is 1. The van der Waals surface area contributed by atoms with Crippen LogP contribution in [0.2, 0.25) is 10.0 Å². The molecule has 0 aliphatic carbocycles. The van der Waals surface area contributed by atoms with E-state index in [0.29, 0.717) is 6.42 Å². The third-order valence-corrected chi connectivity index (χ3v) is 8.18. The molecule has 0 saturated heterocycles. The maximum Gasteiger partial charge on any atom is 0.264 e. The van der Waals surface area contributed by atoms with Gasteiger partial charge in [-0.2, -0.15) is 0 Å². The van der Waals surface area contributed by atoms with Crippen LogP contribution in [0.3, 0.4) is 0 Å². The highest BCUT2D eigenvalue weighted by Crippen LogP contribution is 2.33. The molecule has 10 heteroatoms. The van der Waals surface area contributed by atoms with Crippen LogP contribution in [0.5, 0.6) is 0 Å². The summed E-state index contributed by atoms with van der Waals surface area (Å²) in [5.41, 5.74) is 1.88. The highest BCUT2D eigenvalue weighted by molar-refractivity contribution is 7.92. The number of nitrogens with zero attached hydrogens (tertiary/aromatic N) is 2. The Bertz CT molecular complexity index is 1370. The zero-order valence-corrected chi connectivity index (χ0v) is 23.1. The molecule has 3 rings (SSSR count). The fraction of sp³-hybridized carbons (Fsp3) is 0.259. The molecule has 1 N–H and O–H groups in total. The van der Waals surface area contributed by atoms with Crippen molar-refractivity contribution in [2.45, 2.75) is 37.8 Å². The topological polar surface area (TPSA) is 86.8 Å². The summed E-state index contributed by atoms with van der Waals surface area (Å²) in [7, 11) is -2.72. The molecule has 0 aromatic heterocycles.